The largest absolute Gasteiger partial charge is 0.381 e. The molecule has 0 aliphatic carbocycles. The average Bonchev–Trinajstić information content (AvgIpc) is 2.59. The second-order valence-electron chi connectivity index (χ2n) is 3.86. The Kier molecular flexibility index (Phi) is 13.5. The quantitative estimate of drug-likeness (QED) is 0.503. The van der Waals surface area contributed by atoms with Crippen molar-refractivity contribution in [3.05, 3.63) is 13.8 Å². The SMILES string of the molecule is [CH2-]C(=O)NCCC1NC(=O)NC1=O.[CH2-]CCCC.[Y]. The molecule has 0 spiro atoms. The monoisotopic (exact) mass is 344 g/mol. The van der Waals surface area contributed by atoms with E-state index in [1.165, 1.54) is 12.8 Å². The van der Waals surface area contributed by atoms with Crippen molar-refractivity contribution in [3.63, 3.8) is 0 Å². The van der Waals surface area contributed by atoms with E-state index in [1.807, 2.05) is 0 Å². The zero-order valence-electron chi connectivity index (χ0n) is 11.3. The van der Waals surface area contributed by atoms with E-state index in [1.54, 1.807) is 0 Å². The summed E-state index contributed by atoms with van der Waals surface area (Å²) in [5, 5.41) is 6.92. The molecule has 1 rings (SSSR count). The molecule has 1 heterocycles. The van der Waals surface area contributed by atoms with Crippen LogP contribution in [0.5, 0.6) is 0 Å². The summed E-state index contributed by atoms with van der Waals surface area (Å²) in [7, 11) is 0. The van der Waals surface area contributed by atoms with E-state index < -0.39 is 18.0 Å². The first kappa shape index (κ1) is 20.7. The Morgan fingerprint density at radius 1 is 1.42 bits per heavy atom. The van der Waals surface area contributed by atoms with Gasteiger partial charge in [-0.05, 0) is 6.42 Å². The van der Waals surface area contributed by atoms with Gasteiger partial charge in [0.2, 0.25) is 0 Å². The molecule has 3 N–H and O–H groups in total. The molecule has 0 aromatic heterocycles. The maximum Gasteiger partial charge on any atom is 0.322 e. The number of unbranched alkanes of at least 4 members (excludes halogenated alkanes) is 2. The van der Waals surface area contributed by atoms with Crippen LogP contribution in [0.15, 0.2) is 0 Å². The Balaban J connectivity index is 0. The topological polar surface area (TPSA) is 87.3 Å². The van der Waals surface area contributed by atoms with Gasteiger partial charge in [-0.3, -0.25) is 10.1 Å². The number of nitrogens with one attached hydrogen (secondary N) is 3. The maximum atomic E-state index is 10.9. The van der Waals surface area contributed by atoms with Crippen molar-refractivity contribution in [3.8, 4) is 0 Å². The van der Waals surface area contributed by atoms with Gasteiger partial charge in [0.25, 0.3) is 5.91 Å². The Hall–Kier alpha value is -0.616. The fourth-order valence-electron chi connectivity index (χ4n) is 1.27. The third-order valence-corrected chi connectivity index (χ3v) is 2.22. The molecule has 19 heavy (non-hydrogen) atoms. The molecule has 0 saturated carbocycles. The van der Waals surface area contributed by atoms with Crippen molar-refractivity contribution < 1.29 is 47.1 Å². The van der Waals surface area contributed by atoms with Crippen LogP contribution in [-0.4, -0.2) is 30.4 Å². The van der Waals surface area contributed by atoms with Gasteiger partial charge in [-0.15, -0.1) is 0 Å². The van der Waals surface area contributed by atoms with Gasteiger partial charge in [-0.2, -0.15) is 6.42 Å². The van der Waals surface area contributed by atoms with Crippen LogP contribution in [0.25, 0.3) is 0 Å². The van der Waals surface area contributed by atoms with Crippen molar-refractivity contribution in [2.75, 3.05) is 6.54 Å². The number of amides is 4. The van der Waals surface area contributed by atoms with Gasteiger partial charge in [0.15, 0.2) is 0 Å². The summed E-state index contributed by atoms with van der Waals surface area (Å²) in [6.45, 7) is 9.27. The summed E-state index contributed by atoms with van der Waals surface area (Å²) in [5.41, 5.74) is 0. The van der Waals surface area contributed by atoms with Gasteiger partial charge >= 0.3 is 6.03 Å². The minimum atomic E-state index is -0.542. The molecule has 1 atom stereocenters. The Labute approximate surface area is 139 Å². The third kappa shape index (κ3) is 10.9. The van der Waals surface area contributed by atoms with Crippen molar-refractivity contribution >= 4 is 17.8 Å². The van der Waals surface area contributed by atoms with Gasteiger partial charge in [0.05, 0.1) is 5.91 Å². The number of imide groups is 1. The van der Waals surface area contributed by atoms with Crippen molar-refractivity contribution in [1.82, 2.24) is 16.0 Å². The molecular formula is C12H21N3O3Y-2. The summed E-state index contributed by atoms with van der Waals surface area (Å²) >= 11 is 0. The number of hydrogen-bond acceptors (Lipinski definition) is 3. The fraction of sp³-hybridized carbons (Fsp3) is 0.583. The van der Waals surface area contributed by atoms with Gasteiger partial charge in [-0.1, -0.05) is 19.8 Å². The van der Waals surface area contributed by atoms with Crippen LogP contribution >= 0.6 is 0 Å². The van der Waals surface area contributed by atoms with Crippen molar-refractivity contribution in [1.29, 1.82) is 0 Å². The number of rotatable bonds is 5. The summed E-state index contributed by atoms with van der Waals surface area (Å²) in [5.74, 6) is -0.756. The molecule has 0 aromatic rings. The predicted molar refractivity (Wildman–Crippen MR) is 68.3 cm³/mol. The van der Waals surface area contributed by atoms with Crippen LogP contribution < -0.4 is 16.0 Å². The Bertz CT molecular complexity index is 296. The molecule has 1 saturated heterocycles. The first-order valence-electron chi connectivity index (χ1n) is 6.01. The van der Waals surface area contributed by atoms with Crippen LogP contribution in [0.1, 0.15) is 32.6 Å². The summed E-state index contributed by atoms with van der Waals surface area (Å²) < 4.78 is 0. The zero-order valence-corrected chi connectivity index (χ0v) is 14.2. The van der Waals surface area contributed by atoms with Gasteiger partial charge in [0, 0.05) is 39.3 Å². The van der Waals surface area contributed by atoms with E-state index in [9.17, 15) is 14.4 Å². The van der Waals surface area contributed by atoms with Crippen LogP contribution in [0.4, 0.5) is 4.79 Å². The Morgan fingerprint density at radius 3 is 2.37 bits per heavy atom. The molecule has 7 heteroatoms. The van der Waals surface area contributed by atoms with E-state index in [2.05, 4.69) is 36.7 Å². The average molecular weight is 344 g/mol. The standard InChI is InChI=1S/C7H10N3O3.C5H11.Y/c1-4(11)8-3-2-5-6(12)10-7(13)9-5;1-3-5-4-2;/h5H,1-3H2,(H,8,11)(H2,9,10,12,13);1,3-5H2,2H3;/q2*-1;. The van der Waals surface area contributed by atoms with Crippen LogP contribution in [-0.2, 0) is 42.3 Å². The van der Waals surface area contributed by atoms with Crippen LogP contribution in [0.2, 0.25) is 0 Å². The second kappa shape index (κ2) is 12.4. The first-order chi connectivity index (χ1) is 8.51. The van der Waals surface area contributed by atoms with Gasteiger partial charge < -0.3 is 29.3 Å². The molecule has 4 amide bonds. The Morgan fingerprint density at radius 2 is 2.05 bits per heavy atom. The number of urea groups is 1. The minimum Gasteiger partial charge on any atom is -0.381 e. The number of hydrogen-bond donors (Lipinski definition) is 3. The predicted octanol–water partition coefficient (Wildman–Crippen LogP) is 0.543. The molecule has 107 valence electrons. The second-order valence-corrected chi connectivity index (χ2v) is 3.86. The molecule has 1 fully saturated rings. The number of carbonyl (C=O) groups is 3. The smallest absolute Gasteiger partial charge is 0.322 e. The zero-order chi connectivity index (χ0) is 14.0. The molecule has 6 nitrogen and oxygen atoms in total. The molecule has 1 aliphatic rings. The van der Waals surface area contributed by atoms with E-state index in [0.29, 0.717) is 13.0 Å². The van der Waals surface area contributed by atoms with Crippen molar-refractivity contribution in [2.24, 2.45) is 0 Å². The van der Waals surface area contributed by atoms with Crippen LogP contribution in [0, 0.1) is 13.8 Å². The minimum absolute atomic E-state index is 0. The summed E-state index contributed by atoms with van der Waals surface area (Å²) in [6.07, 6.45) is 4.03. The summed E-state index contributed by atoms with van der Waals surface area (Å²) in [6, 6.07) is -1.03. The first-order valence-corrected chi connectivity index (χ1v) is 6.01. The van der Waals surface area contributed by atoms with E-state index in [-0.39, 0.29) is 38.6 Å². The summed E-state index contributed by atoms with van der Waals surface area (Å²) in [4.78, 5) is 31.9. The van der Waals surface area contributed by atoms with Crippen molar-refractivity contribution in [2.45, 2.75) is 38.6 Å². The molecule has 0 aromatic carbocycles. The fourth-order valence-corrected chi connectivity index (χ4v) is 1.27. The number of carbonyl (C=O) groups excluding carboxylic acids is 3. The third-order valence-electron chi connectivity index (χ3n) is 2.22. The van der Waals surface area contributed by atoms with E-state index >= 15 is 0 Å². The van der Waals surface area contributed by atoms with Gasteiger partial charge in [-0.25, -0.2) is 4.79 Å². The molecular weight excluding hydrogens is 323 g/mol. The van der Waals surface area contributed by atoms with Crippen LogP contribution in [0.3, 0.4) is 0 Å². The molecule has 0 bridgehead atoms. The van der Waals surface area contributed by atoms with Gasteiger partial charge in [0.1, 0.15) is 6.04 Å². The van der Waals surface area contributed by atoms with E-state index in [4.69, 9.17) is 0 Å². The molecule has 1 aliphatic heterocycles. The van der Waals surface area contributed by atoms with E-state index in [0.717, 1.165) is 6.42 Å². The maximum absolute atomic E-state index is 10.9. The normalized spacial score (nSPS) is 16.4. The molecule has 1 radical (unpaired) electrons. The molecule has 1 unspecified atom stereocenters.